The van der Waals surface area contributed by atoms with Gasteiger partial charge in [-0.2, -0.15) is 0 Å². The molecule has 7 rings (SSSR count). The highest BCUT2D eigenvalue weighted by atomic mass is 16.5. The topological polar surface area (TPSA) is 44.8 Å². The fourth-order valence-electron chi connectivity index (χ4n) is 8.88. The zero-order valence-corrected chi connectivity index (χ0v) is 19.1. The summed E-state index contributed by atoms with van der Waals surface area (Å²) in [5.74, 6) is 3.75. The Hall–Kier alpha value is -0.650. The predicted molar refractivity (Wildman–Crippen MR) is 117 cm³/mol. The van der Waals surface area contributed by atoms with E-state index in [9.17, 15) is 4.79 Å². The second-order valence-corrected chi connectivity index (χ2v) is 12.6. The lowest BCUT2D eigenvalue weighted by Crippen LogP contribution is -2.61. The molecule has 7 aliphatic rings. The monoisotopic (exact) mass is 415 g/mol. The standard InChI is InChI=1S/C25H41N3O2/c1-24(2)9-17(3-4-30-24)13-27-14-22-8-21(27)15-28(22)16-23(29)26-25-10-18-5-19(11-25)7-20(6-18)12-25/h17-22H,3-16H2,1-2H3,(H,26,29)/t17?,18?,19?,20?,21-,22-,25?/m0/s1. The van der Waals surface area contributed by atoms with Crippen LogP contribution in [0.4, 0.5) is 0 Å². The van der Waals surface area contributed by atoms with E-state index < -0.39 is 0 Å². The van der Waals surface area contributed by atoms with E-state index in [1.807, 2.05) is 0 Å². The van der Waals surface area contributed by atoms with E-state index in [1.165, 1.54) is 64.3 Å². The summed E-state index contributed by atoms with van der Waals surface area (Å²) in [6.45, 7) is 9.48. The molecule has 1 amide bonds. The molecule has 3 atom stereocenters. The van der Waals surface area contributed by atoms with Crippen molar-refractivity contribution >= 4 is 5.91 Å². The van der Waals surface area contributed by atoms with Crippen LogP contribution in [0.2, 0.25) is 0 Å². The van der Waals surface area contributed by atoms with Crippen LogP contribution in [0, 0.1) is 23.7 Å². The number of amides is 1. The Morgan fingerprint density at radius 3 is 2.17 bits per heavy atom. The van der Waals surface area contributed by atoms with Crippen molar-refractivity contribution in [3.8, 4) is 0 Å². The molecule has 4 aliphatic carbocycles. The highest BCUT2D eigenvalue weighted by Gasteiger charge is 2.52. The number of likely N-dealkylation sites (tertiary alicyclic amines) is 2. The van der Waals surface area contributed by atoms with Crippen LogP contribution in [0.25, 0.3) is 0 Å². The van der Waals surface area contributed by atoms with Crippen molar-refractivity contribution in [3.63, 3.8) is 0 Å². The summed E-state index contributed by atoms with van der Waals surface area (Å²) < 4.78 is 5.91. The lowest BCUT2D eigenvalue weighted by atomic mass is 9.53. The second-order valence-electron chi connectivity index (χ2n) is 12.6. The van der Waals surface area contributed by atoms with Crippen molar-refractivity contribution in [2.75, 3.05) is 32.8 Å². The van der Waals surface area contributed by atoms with E-state index in [0.29, 0.717) is 24.5 Å². The van der Waals surface area contributed by atoms with Gasteiger partial charge in [0.2, 0.25) is 5.91 Å². The quantitative estimate of drug-likeness (QED) is 0.750. The Balaban J connectivity index is 1.01. The van der Waals surface area contributed by atoms with Gasteiger partial charge in [0.25, 0.3) is 0 Å². The van der Waals surface area contributed by atoms with E-state index >= 15 is 0 Å². The molecule has 5 heteroatoms. The van der Waals surface area contributed by atoms with Crippen molar-refractivity contribution in [2.24, 2.45) is 23.7 Å². The fraction of sp³-hybridized carbons (Fsp3) is 0.960. The summed E-state index contributed by atoms with van der Waals surface area (Å²) in [6, 6.07) is 1.25. The first-order chi connectivity index (χ1) is 14.3. The molecule has 6 bridgehead atoms. The minimum Gasteiger partial charge on any atom is -0.376 e. The maximum atomic E-state index is 13.0. The van der Waals surface area contributed by atoms with E-state index in [-0.39, 0.29) is 11.1 Å². The second kappa shape index (κ2) is 7.18. The van der Waals surface area contributed by atoms with Gasteiger partial charge in [-0.25, -0.2) is 0 Å². The number of nitrogens with one attached hydrogen (secondary N) is 1. The number of carbonyl (C=O) groups excluding carboxylic acids is 1. The third-order valence-electron chi connectivity index (χ3n) is 9.55. The van der Waals surface area contributed by atoms with Gasteiger partial charge in [0.15, 0.2) is 0 Å². The van der Waals surface area contributed by atoms with Gasteiger partial charge in [-0.3, -0.25) is 14.6 Å². The van der Waals surface area contributed by atoms with Gasteiger partial charge in [-0.1, -0.05) is 0 Å². The van der Waals surface area contributed by atoms with E-state index in [1.54, 1.807) is 0 Å². The van der Waals surface area contributed by atoms with Gasteiger partial charge >= 0.3 is 0 Å². The maximum Gasteiger partial charge on any atom is 0.234 e. The Bertz CT molecular complexity index is 657. The molecule has 7 fully saturated rings. The van der Waals surface area contributed by atoms with Gasteiger partial charge in [-0.05, 0) is 95.3 Å². The molecule has 0 aromatic heterocycles. The van der Waals surface area contributed by atoms with Crippen LogP contribution >= 0.6 is 0 Å². The number of fused-ring (bicyclic) bond motifs is 2. The normalized spacial score (nSPS) is 47.1. The smallest absolute Gasteiger partial charge is 0.234 e. The van der Waals surface area contributed by atoms with E-state index in [2.05, 4.69) is 29.0 Å². The lowest BCUT2D eigenvalue weighted by Gasteiger charge is -2.57. The fourth-order valence-corrected chi connectivity index (χ4v) is 8.88. The number of hydrogen-bond donors (Lipinski definition) is 1. The average Bonchev–Trinajstić information content (AvgIpc) is 3.18. The molecule has 1 unspecified atom stereocenters. The zero-order chi connectivity index (χ0) is 20.5. The molecule has 30 heavy (non-hydrogen) atoms. The maximum absolute atomic E-state index is 13.0. The molecule has 0 aromatic carbocycles. The van der Waals surface area contributed by atoms with Crippen LogP contribution in [0.5, 0.6) is 0 Å². The molecule has 3 aliphatic heterocycles. The van der Waals surface area contributed by atoms with E-state index in [4.69, 9.17) is 4.74 Å². The molecular weight excluding hydrogens is 374 g/mol. The summed E-state index contributed by atoms with van der Waals surface area (Å²) in [5.41, 5.74) is 0.204. The van der Waals surface area contributed by atoms with Crippen LogP contribution < -0.4 is 5.32 Å². The Morgan fingerprint density at radius 2 is 1.57 bits per heavy atom. The van der Waals surface area contributed by atoms with Crippen LogP contribution in [0.3, 0.4) is 0 Å². The van der Waals surface area contributed by atoms with Gasteiger partial charge in [0.1, 0.15) is 0 Å². The SMILES string of the molecule is CC1(C)CC(CN2C[C@@H]3C[C@H]2CN3CC(=O)NC23CC4CC(CC(C4)C2)C3)CCO1. The first-order valence-corrected chi connectivity index (χ1v) is 12.8. The third kappa shape index (κ3) is 3.73. The molecule has 1 N–H and O–H groups in total. The van der Waals surface area contributed by atoms with Crippen LogP contribution in [0.1, 0.15) is 71.6 Å². The molecule has 0 radical (unpaired) electrons. The molecule has 0 aromatic rings. The van der Waals surface area contributed by atoms with E-state index in [0.717, 1.165) is 43.4 Å². The Kier molecular flexibility index (Phi) is 4.78. The van der Waals surface area contributed by atoms with Gasteiger partial charge < -0.3 is 10.1 Å². The number of carbonyl (C=O) groups is 1. The van der Waals surface area contributed by atoms with Crippen molar-refractivity contribution < 1.29 is 9.53 Å². The first kappa shape index (κ1) is 20.0. The number of ether oxygens (including phenoxy) is 1. The zero-order valence-electron chi connectivity index (χ0n) is 19.1. The van der Waals surface area contributed by atoms with Crippen LogP contribution in [0.15, 0.2) is 0 Å². The molecule has 0 spiro atoms. The Labute approximate surface area is 182 Å². The minimum atomic E-state index is 0.0447. The highest BCUT2D eigenvalue weighted by Crippen LogP contribution is 2.55. The predicted octanol–water partition coefficient (Wildman–Crippen LogP) is 3.04. The molecule has 168 valence electrons. The van der Waals surface area contributed by atoms with Gasteiger partial charge in [0, 0.05) is 43.9 Å². The average molecular weight is 416 g/mol. The van der Waals surface area contributed by atoms with Crippen LogP contribution in [-0.4, -0.2) is 71.7 Å². The molecule has 3 saturated heterocycles. The number of piperazine rings is 1. The largest absolute Gasteiger partial charge is 0.376 e. The number of nitrogens with zero attached hydrogens (tertiary/aromatic N) is 2. The number of hydrogen-bond acceptors (Lipinski definition) is 4. The van der Waals surface area contributed by atoms with Gasteiger partial charge in [-0.15, -0.1) is 0 Å². The Morgan fingerprint density at radius 1 is 0.933 bits per heavy atom. The summed E-state index contributed by atoms with van der Waals surface area (Å²) in [6.07, 6.45) is 11.7. The third-order valence-corrected chi connectivity index (χ3v) is 9.55. The number of rotatable bonds is 5. The summed E-state index contributed by atoms with van der Waals surface area (Å²) in [5, 5.41) is 3.59. The molecular formula is C25H41N3O2. The summed E-state index contributed by atoms with van der Waals surface area (Å²) in [4.78, 5) is 18.3. The van der Waals surface area contributed by atoms with Crippen molar-refractivity contribution in [1.82, 2.24) is 15.1 Å². The molecule has 3 heterocycles. The first-order valence-electron chi connectivity index (χ1n) is 12.8. The van der Waals surface area contributed by atoms with Crippen LogP contribution in [-0.2, 0) is 9.53 Å². The summed E-state index contributed by atoms with van der Waals surface area (Å²) in [7, 11) is 0. The van der Waals surface area contributed by atoms with Gasteiger partial charge in [0.05, 0.1) is 12.1 Å². The lowest BCUT2D eigenvalue weighted by molar-refractivity contribution is -0.128. The summed E-state index contributed by atoms with van der Waals surface area (Å²) >= 11 is 0. The minimum absolute atomic E-state index is 0.0447. The van der Waals surface area contributed by atoms with Crippen molar-refractivity contribution in [2.45, 2.75) is 94.9 Å². The highest BCUT2D eigenvalue weighted by molar-refractivity contribution is 5.79. The van der Waals surface area contributed by atoms with Crippen molar-refractivity contribution in [1.29, 1.82) is 0 Å². The van der Waals surface area contributed by atoms with Crippen molar-refractivity contribution in [3.05, 3.63) is 0 Å². The molecule has 5 nitrogen and oxygen atoms in total. The molecule has 4 saturated carbocycles.